The molecule has 0 fully saturated rings. The van der Waals surface area contributed by atoms with Gasteiger partial charge >= 0.3 is 0 Å². The van der Waals surface area contributed by atoms with Crippen molar-refractivity contribution in [2.75, 3.05) is 5.32 Å². The lowest BCUT2D eigenvalue weighted by molar-refractivity contribution is 0.102. The number of carbonyl (C=O) groups excluding carboxylic acids is 1. The van der Waals surface area contributed by atoms with E-state index >= 15 is 0 Å². The Morgan fingerprint density at radius 3 is 2.79 bits per heavy atom. The molecule has 0 aliphatic carbocycles. The van der Waals surface area contributed by atoms with Crippen molar-refractivity contribution in [1.82, 2.24) is 4.98 Å². The van der Waals surface area contributed by atoms with E-state index in [4.69, 9.17) is 16.9 Å². The van der Waals surface area contributed by atoms with Crippen molar-refractivity contribution < 1.29 is 4.79 Å². The fourth-order valence-corrected chi connectivity index (χ4v) is 1.63. The fraction of sp³-hybridized carbons (Fsp3) is 0. The highest BCUT2D eigenvalue weighted by Gasteiger charge is 2.09. The van der Waals surface area contributed by atoms with Crippen molar-refractivity contribution in [3.8, 4) is 6.07 Å². The predicted molar refractivity (Wildman–Crippen MR) is 71.2 cm³/mol. The molecule has 6 heteroatoms. The van der Waals surface area contributed by atoms with Crippen molar-refractivity contribution in [1.29, 1.82) is 5.26 Å². The van der Waals surface area contributed by atoms with E-state index in [9.17, 15) is 9.59 Å². The van der Waals surface area contributed by atoms with Gasteiger partial charge in [-0.15, -0.1) is 0 Å². The highest BCUT2D eigenvalue weighted by molar-refractivity contribution is 6.33. The molecule has 0 saturated carbocycles. The molecule has 5 nitrogen and oxygen atoms in total. The van der Waals surface area contributed by atoms with Gasteiger partial charge in [-0.1, -0.05) is 17.7 Å². The molecule has 1 aromatic heterocycles. The summed E-state index contributed by atoms with van der Waals surface area (Å²) in [5, 5.41) is 11.6. The number of aromatic amines is 1. The normalized spacial score (nSPS) is 9.68. The van der Waals surface area contributed by atoms with E-state index in [0.717, 1.165) is 0 Å². The summed E-state index contributed by atoms with van der Waals surface area (Å²) >= 11 is 5.92. The zero-order chi connectivity index (χ0) is 13.8. The number of aromatic nitrogens is 1. The fourth-order valence-electron chi connectivity index (χ4n) is 1.46. The average Bonchev–Trinajstić information content (AvgIpc) is 2.41. The molecule has 0 aliphatic heterocycles. The van der Waals surface area contributed by atoms with Gasteiger partial charge in [-0.2, -0.15) is 5.26 Å². The molecule has 0 unspecified atom stereocenters. The summed E-state index contributed by atoms with van der Waals surface area (Å²) in [5.74, 6) is -0.505. The molecule has 0 saturated heterocycles. The Labute approximate surface area is 113 Å². The Kier molecular flexibility index (Phi) is 3.64. The van der Waals surface area contributed by atoms with Crippen LogP contribution in [0.1, 0.15) is 16.1 Å². The summed E-state index contributed by atoms with van der Waals surface area (Å²) in [6.45, 7) is 0. The third kappa shape index (κ3) is 3.00. The van der Waals surface area contributed by atoms with Crippen LogP contribution in [-0.2, 0) is 0 Å². The first-order chi connectivity index (χ1) is 9.10. The lowest BCUT2D eigenvalue weighted by Gasteiger charge is -2.07. The minimum atomic E-state index is -0.505. The number of nitrogens with zero attached hydrogens (tertiary/aromatic N) is 1. The first kappa shape index (κ1) is 12.9. The number of hydrogen-bond donors (Lipinski definition) is 2. The second-order valence-electron chi connectivity index (χ2n) is 3.69. The van der Waals surface area contributed by atoms with Crippen LogP contribution in [-0.4, -0.2) is 10.9 Å². The third-order valence-corrected chi connectivity index (χ3v) is 2.69. The van der Waals surface area contributed by atoms with Crippen LogP contribution in [0.3, 0.4) is 0 Å². The lowest BCUT2D eigenvalue weighted by Crippen LogP contribution is -2.18. The number of carbonyl (C=O) groups is 1. The first-order valence-electron chi connectivity index (χ1n) is 5.30. The Hall–Kier alpha value is -2.58. The molecule has 2 N–H and O–H groups in total. The third-order valence-electron chi connectivity index (χ3n) is 2.36. The summed E-state index contributed by atoms with van der Waals surface area (Å²) in [6.07, 6.45) is 0. The maximum atomic E-state index is 11.9. The van der Waals surface area contributed by atoms with Gasteiger partial charge in [0, 0.05) is 6.07 Å². The second-order valence-corrected chi connectivity index (χ2v) is 4.10. The smallest absolute Gasteiger partial charge is 0.272 e. The number of amides is 1. The summed E-state index contributed by atoms with van der Waals surface area (Å²) in [7, 11) is 0. The number of anilines is 1. The quantitative estimate of drug-likeness (QED) is 0.879. The van der Waals surface area contributed by atoms with E-state index in [1.54, 1.807) is 6.07 Å². The Bertz CT molecular complexity index is 731. The molecule has 0 radical (unpaired) electrons. The van der Waals surface area contributed by atoms with Crippen molar-refractivity contribution in [3.05, 3.63) is 63.0 Å². The van der Waals surface area contributed by atoms with Crippen LogP contribution >= 0.6 is 11.6 Å². The van der Waals surface area contributed by atoms with Gasteiger partial charge in [0.25, 0.3) is 5.91 Å². The monoisotopic (exact) mass is 273 g/mol. The summed E-state index contributed by atoms with van der Waals surface area (Å²) in [5.41, 5.74) is 0.437. The first-order valence-corrected chi connectivity index (χ1v) is 5.68. The molecule has 1 aromatic carbocycles. The molecular formula is C13H8ClN3O2. The number of nitrogens with one attached hydrogen (secondary N) is 2. The number of nitriles is 1. The number of rotatable bonds is 2. The topological polar surface area (TPSA) is 85.8 Å². The molecule has 0 bridgehead atoms. The highest BCUT2D eigenvalue weighted by Crippen LogP contribution is 2.23. The SMILES string of the molecule is N#Cc1ccc(Cl)c(NC(=O)c2cccc(=O)[nH]2)c1. The molecule has 0 atom stereocenters. The van der Waals surface area contributed by atoms with Gasteiger partial charge in [-0.25, -0.2) is 0 Å². The van der Waals surface area contributed by atoms with Gasteiger partial charge < -0.3 is 10.3 Å². The molecule has 0 spiro atoms. The van der Waals surface area contributed by atoms with E-state index in [1.807, 2.05) is 6.07 Å². The molecular weight excluding hydrogens is 266 g/mol. The van der Waals surface area contributed by atoms with Gasteiger partial charge in [-0.05, 0) is 24.3 Å². The molecule has 0 aliphatic rings. The molecule has 2 rings (SSSR count). The minimum Gasteiger partial charge on any atom is -0.319 e. The van der Waals surface area contributed by atoms with Crippen molar-refractivity contribution in [3.63, 3.8) is 0 Å². The van der Waals surface area contributed by atoms with E-state index < -0.39 is 5.91 Å². The van der Waals surface area contributed by atoms with Crippen LogP contribution in [0.15, 0.2) is 41.2 Å². The number of hydrogen-bond acceptors (Lipinski definition) is 3. The second kappa shape index (κ2) is 5.38. The number of halogens is 1. The maximum absolute atomic E-state index is 11.9. The van der Waals surface area contributed by atoms with Crippen LogP contribution in [0.25, 0.3) is 0 Å². The summed E-state index contributed by atoms with van der Waals surface area (Å²) in [4.78, 5) is 25.4. The zero-order valence-corrected chi connectivity index (χ0v) is 10.4. The lowest BCUT2D eigenvalue weighted by atomic mass is 10.2. The average molecular weight is 274 g/mol. The van der Waals surface area contributed by atoms with Gasteiger partial charge in [-0.3, -0.25) is 9.59 Å². The summed E-state index contributed by atoms with van der Waals surface area (Å²) in [6, 6.07) is 10.7. The standard InChI is InChI=1S/C13H8ClN3O2/c14-9-5-4-8(7-15)6-11(9)17-13(19)10-2-1-3-12(18)16-10/h1-6H,(H,16,18)(H,17,19). The number of pyridine rings is 1. The largest absolute Gasteiger partial charge is 0.319 e. The van der Waals surface area contributed by atoms with Gasteiger partial charge in [0.15, 0.2) is 0 Å². The van der Waals surface area contributed by atoms with Gasteiger partial charge in [0.1, 0.15) is 5.69 Å². The van der Waals surface area contributed by atoms with Gasteiger partial charge in [0.05, 0.1) is 22.3 Å². The Balaban J connectivity index is 2.29. The van der Waals surface area contributed by atoms with Crippen LogP contribution in [0, 0.1) is 11.3 Å². The van der Waals surface area contributed by atoms with Crippen LogP contribution in [0.5, 0.6) is 0 Å². The molecule has 1 heterocycles. The van der Waals surface area contributed by atoms with Crippen molar-refractivity contribution in [2.24, 2.45) is 0 Å². The molecule has 1 amide bonds. The van der Waals surface area contributed by atoms with Crippen LogP contribution in [0.2, 0.25) is 5.02 Å². The van der Waals surface area contributed by atoms with Crippen LogP contribution in [0.4, 0.5) is 5.69 Å². The van der Waals surface area contributed by atoms with Gasteiger partial charge in [0.2, 0.25) is 5.56 Å². The zero-order valence-electron chi connectivity index (χ0n) is 9.61. The molecule has 19 heavy (non-hydrogen) atoms. The minimum absolute atomic E-state index is 0.117. The molecule has 2 aromatic rings. The summed E-state index contributed by atoms with van der Waals surface area (Å²) < 4.78 is 0. The number of H-pyrrole nitrogens is 1. The van der Waals surface area contributed by atoms with Crippen LogP contribution < -0.4 is 10.9 Å². The Morgan fingerprint density at radius 1 is 1.32 bits per heavy atom. The molecule has 94 valence electrons. The van der Waals surface area contributed by atoms with E-state index in [-0.39, 0.29) is 11.3 Å². The Morgan fingerprint density at radius 2 is 2.11 bits per heavy atom. The van der Waals surface area contributed by atoms with Crippen molar-refractivity contribution in [2.45, 2.75) is 0 Å². The predicted octanol–water partition coefficient (Wildman–Crippen LogP) is 2.15. The maximum Gasteiger partial charge on any atom is 0.272 e. The van der Waals surface area contributed by atoms with E-state index in [2.05, 4.69) is 10.3 Å². The van der Waals surface area contributed by atoms with Crippen molar-refractivity contribution >= 4 is 23.2 Å². The highest BCUT2D eigenvalue weighted by atomic mass is 35.5. The van der Waals surface area contributed by atoms with E-state index in [0.29, 0.717) is 16.3 Å². The van der Waals surface area contributed by atoms with E-state index in [1.165, 1.54) is 30.3 Å². The number of benzene rings is 1.